The molecule has 2 amide bonds. The monoisotopic (exact) mass is 270 g/mol. The summed E-state index contributed by atoms with van der Waals surface area (Å²) in [6, 6.07) is 3.38. The number of carbonyl (C=O) groups is 1. The molecule has 0 aliphatic carbocycles. The maximum absolute atomic E-state index is 11.3. The van der Waals surface area contributed by atoms with E-state index in [9.17, 15) is 4.79 Å². The third-order valence-corrected chi connectivity index (χ3v) is 3.38. The van der Waals surface area contributed by atoms with Crippen LogP contribution >= 0.6 is 0 Å². The van der Waals surface area contributed by atoms with Crippen molar-refractivity contribution < 1.29 is 9.90 Å². The predicted molar refractivity (Wildman–Crippen MR) is 74.0 cm³/mol. The summed E-state index contributed by atoms with van der Waals surface area (Å²) in [5, 5.41) is 9.15. The molecule has 102 valence electrons. The Morgan fingerprint density at radius 3 is 2.85 bits per heavy atom. The highest BCUT2D eigenvalue weighted by Gasteiger charge is 2.24. The first-order chi connectivity index (χ1) is 9.69. The fourth-order valence-electron chi connectivity index (χ4n) is 2.37. The second kappa shape index (κ2) is 4.90. The Bertz CT molecular complexity index is 672. The smallest absolute Gasteiger partial charge is 0.320 e. The van der Waals surface area contributed by atoms with Gasteiger partial charge in [0, 0.05) is 36.3 Å². The summed E-state index contributed by atoms with van der Waals surface area (Å²) in [7, 11) is 0. The van der Waals surface area contributed by atoms with Crippen LogP contribution < -0.4 is 10.6 Å². The van der Waals surface area contributed by atoms with Gasteiger partial charge in [0.15, 0.2) is 0 Å². The summed E-state index contributed by atoms with van der Waals surface area (Å²) in [6.07, 6.45) is 5.78. The second-order valence-corrected chi connectivity index (χ2v) is 4.69. The van der Waals surface area contributed by atoms with Crippen LogP contribution in [-0.2, 0) is 13.0 Å². The van der Waals surface area contributed by atoms with Crippen molar-refractivity contribution >= 4 is 11.8 Å². The minimum absolute atomic E-state index is 0.0470. The van der Waals surface area contributed by atoms with Gasteiger partial charge in [0.05, 0.1) is 6.61 Å². The van der Waals surface area contributed by atoms with Gasteiger partial charge in [-0.25, -0.2) is 9.78 Å². The number of urea groups is 1. The maximum Gasteiger partial charge on any atom is 0.320 e. The van der Waals surface area contributed by atoms with Crippen LogP contribution in [0, 0.1) is 0 Å². The zero-order valence-electron chi connectivity index (χ0n) is 10.8. The molecule has 0 aromatic carbocycles. The Labute approximate surface area is 115 Å². The van der Waals surface area contributed by atoms with Crippen molar-refractivity contribution in [3.63, 3.8) is 0 Å². The third-order valence-electron chi connectivity index (χ3n) is 3.38. The molecule has 0 saturated heterocycles. The van der Waals surface area contributed by atoms with E-state index in [1.165, 1.54) is 4.90 Å². The molecule has 3 rings (SSSR count). The highest BCUT2D eigenvalue weighted by Crippen LogP contribution is 2.29. The van der Waals surface area contributed by atoms with Crippen molar-refractivity contribution in [1.82, 2.24) is 9.97 Å². The quantitative estimate of drug-likeness (QED) is 0.854. The fraction of sp³-hybridized carbons (Fsp3) is 0.214. The molecule has 0 radical (unpaired) electrons. The van der Waals surface area contributed by atoms with E-state index < -0.39 is 6.03 Å². The first-order valence-corrected chi connectivity index (χ1v) is 6.30. The van der Waals surface area contributed by atoms with Crippen molar-refractivity contribution in [2.45, 2.75) is 13.0 Å². The van der Waals surface area contributed by atoms with Gasteiger partial charge in [-0.1, -0.05) is 0 Å². The fourth-order valence-corrected chi connectivity index (χ4v) is 2.37. The first kappa shape index (κ1) is 12.6. The molecule has 20 heavy (non-hydrogen) atoms. The molecule has 1 aliphatic heterocycles. The summed E-state index contributed by atoms with van der Waals surface area (Å²) in [6.45, 7) is 0.519. The van der Waals surface area contributed by atoms with Gasteiger partial charge in [0.25, 0.3) is 0 Å². The van der Waals surface area contributed by atoms with Crippen LogP contribution in [0.15, 0.2) is 30.7 Å². The molecule has 6 nitrogen and oxygen atoms in total. The maximum atomic E-state index is 11.3. The molecule has 2 aromatic heterocycles. The lowest BCUT2D eigenvalue weighted by atomic mass is 10.1. The molecule has 1 aliphatic rings. The molecule has 0 atom stereocenters. The van der Waals surface area contributed by atoms with Crippen molar-refractivity contribution in [3.05, 3.63) is 41.9 Å². The van der Waals surface area contributed by atoms with Gasteiger partial charge >= 0.3 is 6.03 Å². The van der Waals surface area contributed by atoms with E-state index in [2.05, 4.69) is 9.97 Å². The lowest BCUT2D eigenvalue weighted by Crippen LogP contribution is -2.34. The SMILES string of the molecule is NC(=O)N1CCc2cc(-c3cncc(CO)c3)cnc21. The molecule has 3 N–H and O–H groups in total. The van der Waals surface area contributed by atoms with E-state index in [0.717, 1.165) is 28.7 Å². The number of primary amides is 1. The van der Waals surface area contributed by atoms with Gasteiger partial charge in [-0.2, -0.15) is 0 Å². The van der Waals surface area contributed by atoms with E-state index in [1.54, 1.807) is 18.6 Å². The summed E-state index contributed by atoms with van der Waals surface area (Å²) < 4.78 is 0. The average molecular weight is 270 g/mol. The van der Waals surface area contributed by atoms with Gasteiger partial charge in [0.1, 0.15) is 5.82 Å². The molecule has 0 spiro atoms. The first-order valence-electron chi connectivity index (χ1n) is 6.30. The number of rotatable bonds is 2. The minimum atomic E-state index is -0.479. The van der Waals surface area contributed by atoms with Crippen LogP contribution in [-0.4, -0.2) is 27.7 Å². The lowest BCUT2D eigenvalue weighted by Gasteiger charge is -2.12. The Balaban J connectivity index is 1.99. The van der Waals surface area contributed by atoms with Crippen molar-refractivity contribution in [1.29, 1.82) is 0 Å². The number of aromatic nitrogens is 2. The van der Waals surface area contributed by atoms with E-state index >= 15 is 0 Å². The highest BCUT2D eigenvalue weighted by molar-refractivity contribution is 5.92. The number of anilines is 1. The third kappa shape index (κ3) is 2.10. The Kier molecular flexibility index (Phi) is 3.08. The second-order valence-electron chi connectivity index (χ2n) is 4.69. The molecular formula is C14H14N4O2. The van der Waals surface area contributed by atoms with E-state index in [0.29, 0.717) is 12.4 Å². The number of aliphatic hydroxyl groups is 1. The molecule has 2 aromatic rings. The van der Waals surface area contributed by atoms with Crippen LogP contribution in [0.4, 0.5) is 10.6 Å². The number of nitrogens with zero attached hydrogens (tertiary/aromatic N) is 3. The lowest BCUT2D eigenvalue weighted by molar-refractivity contribution is 0.254. The Hall–Kier alpha value is -2.47. The topological polar surface area (TPSA) is 92.3 Å². The summed E-state index contributed by atoms with van der Waals surface area (Å²) in [4.78, 5) is 21.2. The summed E-state index contributed by atoms with van der Waals surface area (Å²) in [5.41, 5.74) is 8.86. The number of hydrogen-bond donors (Lipinski definition) is 2. The molecule has 3 heterocycles. The van der Waals surface area contributed by atoms with Crippen LogP contribution in [0.3, 0.4) is 0 Å². The Morgan fingerprint density at radius 1 is 1.30 bits per heavy atom. The molecule has 6 heteroatoms. The Morgan fingerprint density at radius 2 is 2.10 bits per heavy atom. The van der Waals surface area contributed by atoms with Gasteiger partial charge in [0.2, 0.25) is 0 Å². The van der Waals surface area contributed by atoms with Gasteiger partial charge in [-0.15, -0.1) is 0 Å². The van der Waals surface area contributed by atoms with Gasteiger partial charge in [-0.05, 0) is 29.7 Å². The molecule has 0 bridgehead atoms. The highest BCUT2D eigenvalue weighted by atomic mass is 16.3. The van der Waals surface area contributed by atoms with Crippen molar-refractivity contribution in [3.8, 4) is 11.1 Å². The van der Waals surface area contributed by atoms with Crippen LogP contribution in [0.25, 0.3) is 11.1 Å². The standard InChI is InChI=1S/C14H14N4O2/c15-14(20)18-2-1-10-4-12(7-17-13(10)18)11-3-9(8-19)5-16-6-11/h3-7,19H,1-2,8H2,(H2,15,20). The van der Waals surface area contributed by atoms with E-state index in [4.69, 9.17) is 10.8 Å². The van der Waals surface area contributed by atoms with Gasteiger partial charge < -0.3 is 10.8 Å². The normalized spacial score (nSPS) is 13.3. The minimum Gasteiger partial charge on any atom is -0.392 e. The van der Waals surface area contributed by atoms with Crippen LogP contribution in [0.1, 0.15) is 11.1 Å². The van der Waals surface area contributed by atoms with Gasteiger partial charge in [-0.3, -0.25) is 9.88 Å². The number of fused-ring (bicyclic) bond motifs is 1. The summed E-state index contributed by atoms with van der Waals surface area (Å²) >= 11 is 0. The van der Waals surface area contributed by atoms with Crippen molar-refractivity contribution in [2.75, 3.05) is 11.4 Å². The van der Waals surface area contributed by atoms with Crippen LogP contribution in [0.5, 0.6) is 0 Å². The number of aliphatic hydroxyl groups excluding tert-OH is 1. The molecule has 0 unspecified atom stereocenters. The number of nitrogens with two attached hydrogens (primary N) is 1. The molecular weight excluding hydrogens is 256 g/mol. The summed E-state index contributed by atoms with van der Waals surface area (Å²) in [5.74, 6) is 0.632. The zero-order valence-corrected chi connectivity index (χ0v) is 10.8. The number of hydrogen-bond acceptors (Lipinski definition) is 4. The molecule has 0 fully saturated rings. The zero-order chi connectivity index (χ0) is 14.1. The van der Waals surface area contributed by atoms with Crippen molar-refractivity contribution in [2.24, 2.45) is 5.73 Å². The number of pyridine rings is 2. The van der Waals surface area contributed by atoms with E-state index in [-0.39, 0.29) is 6.61 Å². The number of amides is 2. The van der Waals surface area contributed by atoms with E-state index in [1.807, 2.05) is 12.1 Å². The molecule has 0 saturated carbocycles. The largest absolute Gasteiger partial charge is 0.392 e. The van der Waals surface area contributed by atoms with Crippen LogP contribution in [0.2, 0.25) is 0 Å². The average Bonchev–Trinajstić information content (AvgIpc) is 2.90. The number of carbonyl (C=O) groups excluding carboxylic acids is 1. The predicted octanol–water partition coefficient (Wildman–Crippen LogP) is 1.08.